The molecule has 0 saturated heterocycles. The molecule has 1 heterocycles. The summed E-state index contributed by atoms with van der Waals surface area (Å²) >= 11 is 1.75. The third kappa shape index (κ3) is 3.89. The molecule has 0 saturated carbocycles. The summed E-state index contributed by atoms with van der Waals surface area (Å²) in [6.45, 7) is 6.44. The van der Waals surface area contributed by atoms with Crippen LogP contribution in [0, 0.1) is 6.92 Å². The first kappa shape index (κ1) is 12.6. The second kappa shape index (κ2) is 6.20. The Bertz CT molecular complexity index is 285. The summed E-state index contributed by atoms with van der Waals surface area (Å²) in [5, 5.41) is 3.19. The lowest BCUT2D eigenvalue weighted by Gasteiger charge is -2.24. The Morgan fingerprint density at radius 2 is 2.33 bits per heavy atom. The molecule has 0 aliphatic heterocycles. The van der Waals surface area contributed by atoms with E-state index in [1.807, 2.05) is 12.6 Å². The van der Waals surface area contributed by atoms with Crippen LogP contribution in [0.5, 0.6) is 0 Å². The number of thiazole rings is 1. The Hall–Kier alpha value is -0.450. The molecule has 0 aromatic carbocycles. The number of aryl methyl sites for hydroxylation is 1. The number of aromatic nitrogens is 1. The van der Waals surface area contributed by atoms with Crippen molar-refractivity contribution in [1.29, 1.82) is 0 Å². The molecule has 1 atom stereocenters. The number of nitrogens with zero attached hydrogens (tertiary/aromatic N) is 2. The van der Waals surface area contributed by atoms with Gasteiger partial charge in [-0.3, -0.25) is 4.90 Å². The zero-order chi connectivity index (χ0) is 11.3. The van der Waals surface area contributed by atoms with E-state index >= 15 is 0 Å². The van der Waals surface area contributed by atoms with Crippen LogP contribution in [0.25, 0.3) is 0 Å². The Morgan fingerprint density at radius 3 is 2.87 bits per heavy atom. The predicted molar refractivity (Wildman–Crippen MR) is 66.3 cm³/mol. The molecule has 0 aliphatic carbocycles. The van der Waals surface area contributed by atoms with Gasteiger partial charge in [0.05, 0.1) is 11.2 Å². The van der Waals surface area contributed by atoms with E-state index in [1.54, 1.807) is 11.3 Å². The van der Waals surface area contributed by atoms with Crippen molar-refractivity contribution in [3.63, 3.8) is 0 Å². The minimum absolute atomic E-state index is 0.610. The SMILES string of the molecule is CNCCC(C)N(C)Cc1scnc1C. The summed E-state index contributed by atoms with van der Waals surface area (Å²) in [6, 6.07) is 0.610. The van der Waals surface area contributed by atoms with Gasteiger partial charge in [0, 0.05) is 17.5 Å². The molecule has 1 rings (SSSR count). The monoisotopic (exact) mass is 227 g/mol. The quantitative estimate of drug-likeness (QED) is 0.804. The zero-order valence-electron chi connectivity index (χ0n) is 10.1. The topological polar surface area (TPSA) is 28.2 Å². The molecule has 3 nitrogen and oxygen atoms in total. The van der Waals surface area contributed by atoms with E-state index in [1.165, 1.54) is 17.0 Å². The minimum atomic E-state index is 0.610. The van der Waals surface area contributed by atoms with Gasteiger partial charge >= 0.3 is 0 Å². The standard InChI is InChI=1S/C11H21N3S/c1-9(5-6-12-3)14(4)7-11-10(2)13-8-15-11/h8-9,12H,5-7H2,1-4H3. The lowest BCUT2D eigenvalue weighted by molar-refractivity contribution is 0.239. The highest BCUT2D eigenvalue weighted by Gasteiger charge is 2.11. The van der Waals surface area contributed by atoms with Gasteiger partial charge in [-0.15, -0.1) is 11.3 Å². The Kier molecular flexibility index (Phi) is 5.22. The lowest BCUT2D eigenvalue weighted by Crippen LogP contribution is -2.31. The number of nitrogens with one attached hydrogen (secondary N) is 1. The average Bonchev–Trinajstić information content (AvgIpc) is 2.61. The molecule has 0 radical (unpaired) electrons. The van der Waals surface area contributed by atoms with Crippen LogP contribution in [0.1, 0.15) is 23.9 Å². The third-order valence-corrected chi connectivity index (χ3v) is 3.72. The van der Waals surface area contributed by atoms with Crippen molar-refractivity contribution < 1.29 is 0 Å². The molecular weight excluding hydrogens is 206 g/mol. The van der Waals surface area contributed by atoms with Gasteiger partial charge in [0.2, 0.25) is 0 Å². The fourth-order valence-electron chi connectivity index (χ4n) is 1.43. The first-order valence-corrected chi connectivity index (χ1v) is 6.27. The second-order valence-corrected chi connectivity index (χ2v) is 4.96. The van der Waals surface area contributed by atoms with Crippen molar-refractivity contribution in [1.82, 2.24) is 15.2 Å². The summed E-state index contributed by atoms with van der Waals surface area (Å²) in [6.07, 6.45) is 1.19. The average molecular weight is 227 g/mol. The molecule has 0 aliphatic rings. The summed E-state index contributed by atoms with van der Waals surface area (Å²) in [5.74, 6) is 0. The number of hydrogen-bond donors (Lipinski definition) is 1. The molecule has 1 N–H and O–H groups in total. The van der Waals surface area contributed by atoms with Crippen LogP contribution in [-0.2, 0) is 6.54 Å². The molecule has 0 bridgehead atoms. The fraction of sp³-hybridized carbons (Fsp3) is 0.727. The van der Waals surface area contributed by atoms with Crippen LogP contribution in [0.2, 0.25) is 0 Å². The van der Waals surface area contributed by atoms with Crippen LogP contribution in [0.3, 0.4) is 0 Å². The maximum Gasteiger partial charge on any atom is 0.0798 e. The van der Waals surface area contributed by atoms with E-state index in [4.69, 9.17) is 0 Å². The lowest BCUT2D eigenvalue weighted by atomic mass is 10.2. The molecule has 1 aromatic rings. The highest BCUT2D eigenvalue weighted by molar-refractivity contribution is 7.09. The smallest absolute Gasteiger partial charge is 0.0798 e. The van der Waals surface area contributed by atoms with E-state index in [0.29, 0.717) is 6.04 Å². The maximum absolute atomic E-state index is 4.27. The third-order valence-electron chi connectivity index (χ3n) is 2.80. The second-order valence-electron chi connectivity index (χ2n) is 4.02. The van der Waals surface area contributed by atoms with Gasteiger partial charge < -0.3 is 5.32 Å². The van der Waals surface area contributed by atoms with E-state index in [-0.39, 0.29) is 0 Å². The van der Waals surface area contributed by atoms with Crippen molar-refractivity contribution in [3.05, 3.63) is 16.1 Å². The summed E-state index contributed by atoms with van der Waals surface area (Å²) in [4.78, 5) is 8.04. The van der Waals surface area contributed by atoms with E-state index in [2.05, 4.69) is 36.1 Å². The molecule has 0 spiro atoms. The van der Waals surface area contributed by atoms with Gasteiger partial charge in [-0.05, 0) is 40.9 Å². The van der Waals surface area contributed by atoms with Gasteiger partial charge in [0.1, 0.15) is 0 Å². The predicted octanol–water partition coefficient (Wildman–Crippen LogP) is 1.88. The maximum atomic E-state index is 4.27. The fourth-order valence-corrected chi connectivity index (χ4v) is 2.27. The molecule has 0 fully saturated rings. The van der Waals surface area contributed by atoms with Crippen molar-refractivity contribution >= 4 is 11.3 Å². The highest BCUT2D eigenvalue weighted by Crippen LogP contribution is 2.15. The van der Waals surface area contributed by atoms with E-state index in [0.717, 1.165) is 13.1 Å². The van der Waals surface area contributed by atoms with E-state index in [9.17, 15) is 0 Å². The highest BCUT2D eigenvalue weighted by atomic mass is 32.1. The number of hydrogen-bond acceptors (Lipinski definition) is 4. The molecule has 4 heteroatoms. The van der Waals surface area contributed by atoms with Crippen molar-refractivity contribution in [2.75, 3.05) is 20.6 Å². The van der Waals surface area contributed by atoms with Crippen LogP contribution >= 0.6 is 11.3 Å². The molecule has 15 heavy (non-hydrogen) atoms. The molecule has 0 amide bonds. The molecular formula is C11H21N3S. The largest absolute Gasteiger partial charge is 0.320 e. The zero-order valence-corrected chi connectivity index (χ0v) is 10.9. The first-order valence-electron chi connectivity index (χ1n) is 5.39. The van der Waals surface area contributed by atoms with Gasteiger partial charge in [-0.1, -0.05) is 0 Å². The summed E-state index contributed by atoms with van der Waals surface area (Å²) < 4.78 is 0. The van der Waals surface area contributed by atoms with Crippen molar-refractivity contribution in [2.45, 2.75) is 32.9 Å². The Labute approximate surface area is 96.5 Å². The normalized spacial score (nSPS) is 13.4. The molecule has 1 aromatic heterocycles. The van der Waals surface area contributed by atoms with Crippen LogP contribution < -0.4 is 5.32 Å². The summed E-state index contributed by atoms with van der Waals surface area (Å²) in [7, 11) is 4.18. The van der Waals surface area contributed by atoms with Gasteiger partial charge in [0.15, 0.2) is 0 Å². The number of rotatable bonds is 6. The molecule has 86 valence electrons. The molecule has 1 unspecified atom stereocenters. The Balaban J connectivity index is 2.41. The summed E-state index contributed by atoms with van der Waals surface area (Å²) in [5.41, 5.74) is 3.10. The van der Waals surface area contributed by atoms with E-state index < -0.39 is 0 Å². The van der Waals surface area contributed by atoms with Crippen molar-refractivity contribution in [3.8, 4) is 0 Å². The van der Waals surface area contributed by atoms with Crippen LogP contribution in [0.4, 0.5) is 0 Å². The van der Waals surface area contributed by atoms with Crippen LogP contribution in [-0.4, -0.2) is 36.6 Å². The minimum Gasteiger partial charge on any atom is -0.320 e. The van der Waals surface area contributed by atoms with Crippen molar-refractivity contribution in [2.24, 2.45) is 0 Å². The first-order chi connectivity index (χ1) is 7.15. The van der Waals surface area contributed by atoms with Gasteiger partial charge in [-0.25, -0.2) is 4.98 Å². The van der Waals surface area contributed by atoms with Gasteiger partial charge in [-0.2, -0.15) is 0 Å². The Morgan fingerprint density at radius 1 is 1.60 bits per heavy atom. The van der Waals surface area contributed by atoms with Gasteiger partial charge in [0.25, 0.3) is 0 Å². The van der Waals surface area contributed by atoms with Crippen LogP contribution in [0.15, 0.2) is 5.51 Å².